The lowest BCUT2D eigenvalue weighted by Gasteiger charge is -2.27. The molecule has 0 saturated heterocycles. The zero-order valence-electron chi connectivity index (χ0n) is 16.9. The highest BCUT2D eigenvalue weighted by Gasteiger charge is 2.34. The van der Waals surface area contributed by atoms with Gasteiger partial charge in [0, 0.05) is 38.2 Å². The fraction of sp³-hybridized carbons (Fsp3) is 0.619. The number of amides is 1. The van der Waals surface area contributed by atoms with Crippen molar-refractivity contribution < 1.29 is 14.3 Å². The largest absolute Gasteiger partial charge is 0.444 e. The van der Waals surface area contributed by atoms with Crippen molar-refractivity contribution in [1.29, 1.82) is 0 Å². The molecular formula is C21H31N3O3. The van der Waals surface area contributed by atoms with Crippen LogP contribution in [0.2, 0.25) is 0 Å². The van der Waals surface area contributed by atoms with Crippen LogP contribution in [0.3, 0.4) is 0 Å². The van der Waals surface area contributed by atoms with Gasteiger partial charge in [-0.2, -0.15) is 5.10 Å². The number of methoxy groups -OCH3 is 1. The van der Waals surface area contributed by atoms with Crippen LogP contribution in [-0.2, 0) is 22.4 Å². The molecule has 1 fully saturated rings. The minimum Gasteiger partial charge on any atom is -0.444 e. The van der Waals surface area contributed by atoms with E-state index in [0.717, 1.165) is 49.7 Å². The standard InChI is InChI=1S/C21H31N3O3/c1-21(2,3)27-20(25)23(18-8-9-18)12-10-16-6-7-17-15-22-24(19(17)14-16)11-5-13-26-4/h6-7,14-15,18H,5,8-13H2,1-4H3. The van der Waals surface area contributed by atoms with Gasteiger partial charge >= 0.3 is 6.09 Å². The summed E-state index contributed by atoms with van der Waals surface area (Å²) in [5, 5.41) is 5.63. The maximum Gasteiger partial charge on any atom is 0.410 e. The molecule has 0 bridgehead atoms. The van der Waals surface area contributed by atoms with Crippen LogP contribution in [0.15, 0.2) is 24.4 Å². The first-order chi connectivity index (χ1) is 12.9. The van der Waals surface area contributed by atoms with Crippen LogP contribution in [0, 0.1) is 0 Å². The van der Waals surface area contributed by atoms with Crippen LogP contribution < -0.4 is 0 Å². The van der Waals surface area contributed by atoms with Crippen molar-refractivity contribution in [3.05, 3.63) is 30.0 Å². The van der Waals surface area contributed by atoms with E-state index in [4.69, 9.17) is 9.47 Å². The van der Waals surface area contributed by atoms with Gasteiger partial charge in [-0.05, 0) is 58.1 Å². The quantitative estimate of drug-likeness (QED) is 0.656. The number of aromatic nitrogens is 2. The summed E-state index contributed by atoms with van der Waals surface area (Å²) < 4.78 is 12.8. The number of hydrogen-bond donors (Lipinski definition) is 0. The smallest absolute Gasteiger partial charge is 0.410 e. The molecule has 1 aromatic heterocycles. The second-order valence-electron chi connectivity index (χ2n) is 8.26. The first-order valence-electron chi connectivity index (χ1n) is 9.80. The van der Waals surface area contributed by atoms with Crippen LogP contribution in [0.1, 0.15) is 45.6 Å². The number of carbonyl (C=O) groups is 1. The normalized spacial score (nSPS) is 14.5. The molecule has 6 nitrogen and oxygen atoms in total. The molecule has 3 rings (SSSR count). The van der Waals surface area contributed by atoms with Crippen molar-refractivity contribution in [1.82, 2.24) is 14.7 Å². The van der Waals surface area contributed by atoms with Crippen molar-refractivity contribution in [2.45, 2.75) is 64.6 Å². The average Bonchev–Trinajstić information content (AvgIpc) is 3.35. The van der Waals surface area contributed by atoms with Crippen LogP contribution in [0.25, 0.3) is 10.9 Å². The van der Waals surface area contributed by atoms with Gasteiger partial charge in [-0.15, -0.1) is 0 Å². The predicted molar refractivity (Wildman–Crippen MR) is 106 cm³/mol. The molecule has 0 radical (unpaired) electrons. The molecule has 0 N–H and O–H groups in total. The van der Waals surface area contributed by atoms with E-state index in [9.17, 15) is 4.79 Å². The van der Waals surface area contributed by atoms with Crippen molar-refractivity contribution in [3.8, 4) is 0 Å². The van der Waals surface area contributed by atoms with E-state index < -0.39 is 5.60 Å². The summed E-state index contributed by atoms with van der Waals surface area (Å²) in [4.78, 5) is 14.4. The van der Waals surface area contributed by atoms with Gasteiger partial charge in [0.25, 0.3) is 0 Å². The molecule has 1 saturated carbocycles. The third-order valence-corrected chi connectivity index (χ3v) is 4.68. The van der Waals surface area contributed by atoms with E-state index in [1.54, 1.807) is 7.11 Å². The zero-order valence-corrected chi connectivity index (χ0v) is 16.9. The Morgan fingerprint density at radius 2 is 2.11 bits per heavy atom. The molecule has 0 unspecified atom stereocenters. The van der Waals surface area contributed by atoms with E-state index >= 15 is 0 Å². The fourth-order valence-corrected chi connectivity index (χ4v) is 3.19. The average molecular weight is 373 g/mol. The number of benzene rings is 1. The van der Waals surface area contributed by atoms with E-state index in [1.165, 1.54) is 5.56 Å². The number of fused-ring (bicyclic) bond motifs is 1. The molecule has 1 aromatic carbocycles. The van der Waals surface area contributed by atoms with Gasteiger partial charge in [0.05, 0.1) is 11.7 Å². The fourth-order valence-electron chi connectivity index (χ4n) is 3.19. The molecule has 0 spiro atoms. The lowest BCUT2D eigenvalue weighted by molar-refractivity contribution is 0.0236. The highest BCUT2D eigenvalue weighted by atomic mass is 16.6. The second-order valence-corrected chi connectivity index (χ2v) is 8.26. The van der Waals surface area contributed by atoms with Gasteiger partial charge in [0.1, 0.15) is 5.60 Å². The minimum absolute atomic E-state index is 0.198. The lowest BCUT2D eigenvalue weighted by Crippen LogP contribution is -2.39. The number of rotatable bonds is 8. The number of ether oxygens (including phenoxy) is 2. The summed E-state index contributed by atoms with van der Waals surface area (Å²) in [5.74, 6) is 0. The highest BCUT2D eigenvalue weighted by molar-refractivity contribution is 5.79. The van der Waals surface area contributed by atoms with Crippen LogP contribution in [0.5, 0.6) is 0 Å². The van der Waals surface area contributed by atoms with Crippen LogP contribution >= 0.6 is 0 Å². The number of aryl methyl sites for hydroxylation is 1. The minimum atomic E-state index is -0.460. The second kappa shape index (κ2) is 8.30. The first-order valence-corrected chi connectivity index (χ1v) is 9.80. The van der Waals surface area contributed by atoms with Gasteiger partial charge in [0.2, 0.25) is 0 Å². The van der Waals surface area contributed by atoms with Crippen molar-refractivity contribution >= 4 is 17.0 Å². The molecule has 1 aliphatic carbocycles. The number of hydrogen-bond acceptors (Lipinski definition) is 4. The van der Waals surface area contributed by atoms with Crippen molar-refractivity contribution in [2.75, 3.05) is 20.3 Å². The third-order valence-electron chi connectivity index (χ3n) is 4.68. The Hall–Kier alpha value is -2.08. The first kappa shape index (κ1) is 19.7. The molecule has 0 atom stereocenters. The van der Waals surface area contributed by atoms with Gasteiger partial charge in [0.15, 0.2) is 0 Å². The third kappa shape index (κ3) is 5.45. The number of carbonyl (C=O) groups excluding carboxylic acids is 1. The highest BCUT2D eigenvalue weighted by Crippen LogP contribution is 2.29. The van der Waals surface area contributed by atoms with E-state index in [1.807, 2.05) is 36.5 Å². The molecule has 1 heterocycles. The van der Waals surface area contributed by atoms with Gasteiger partial charge in [-0.1, -0.05) is 12.1 Å². The van der Waals surface area contributed by atoms with E-state index in [2.05, 4.69) is 23.3 Å². The van der Waals surface area contributed by atoms with E-state index in [-0.39, 0.29) is 6.09 Å². The van der Waals surface area contributed by atoms with Gasteiger partial charge < -0.3 is 14.4 Å². The van der Waals surface area contributed by atoms with E-state index in [0.29, 0.717) is 12.6 Å². The molecule has 6 heteroatoms. The molecule has 148 valence electrons. The Morgan fingerprint density at radius 3 is 2.78 bits per heavy atom. The molecular weight excluding hydrogens is 342 g/mol. The Bertz CT molecular complexity index is 775. The lowest BCUT2D eigenvalue weighted by atomic mass is 10.1. The van der Waals surface area contributed by atoms with Crippen molar-refractivity contribution in [2.24, 2.45) is 0 Å². The Labute approximate surface area is 161 Å². The maximum absolute atomic E-state index is 12.5. The van der Waals surface area contributed by atoms with Gasteiger partial charge in [-0.3, -0.25) is 4.68 Å². The predicted octanol–water partition coefficient (Wildman–Crippen LogP) is 4.01. The molecule has 1 aliphatic rings. The molecule has 2 aromatic rings. The monoisotopic (exact) mass is 373 g/mol. The summed E-state index contributed by atoms with van der Waals surface area (Å²) in [7, 11) is 1.72. The number of nitrogens with zero attached hydrogens (tertiary/aromatic N) is 3. The Morgan fingerprint density at radius 1 is 1.33 bits per heavy atom. The molecule has 0 aliphatic heterocycles. The molecule has 1 amide bonds. The zero-order chi connectivity index (χ0) is 19.4. The Balaban J connectivity index is 1.66. The summed E-state index contributed by atoms with van der Waals surface area (Å²) >= 11 is 0. The summed E-state index contributed by atoms with van der Waals surface area (Å²) in [5.41, 5.74) is 1.89. The molecule has 27 heavy (non-hydrogen) atoms. The summed E-state index contributed by atoms with van der Waals surface area (Å²) in [6.45, 7) is 7.99. The topological polar surface area (TPSA) is 56.6 Å². The summed E-state index contributed by atoms with van der Waals surface area (Å²) in [6, 6.07) is 6.77. The van der Waals surface area contributed by atoms with Crippen LogP contribution in [-0.4, -0.2) is 52.7 Å². The van der Waals surface area contributed by atoms with Gasteiger partial charge in [-0.25, -0.2) is 4.79 Å². The van der Waals surface area contributed by atoms with Crippen molar-refractivity contribution in [3.63, 3.8) is 0 Å². The van der Waals surface area contributed by atoms with Crippen LogP contribution in [0.4, 0.5) is 4.79 Å². The summed E-state index contributed by atoms with van der Waals surface area (Å²) in [6.07, 6.45) is 5.61. The SMILES string of the molecule is COCCCn1ncc2ccc(CCN(C(=O)OC(C)(C)C)C3CC3)cc21. The maximum atomic E-state index is 12.5. The Kier molecular flexibility index (Phi) is 6.05.